The Balaban J connectivity index is 2.33. The van der Waals surface area contributed by atoms with Crippen LogP contribution in [0.25, 0.3) is 0 Å². The molecular weight excluding hydrogens is 330 g/mol. The van der Waals surface area contributed by atoms with Crippen molar-refractivity contribution in [3.63, 3.8) is 0 Å². The lowest BCUT2D eigenvalue weighted by molar-refractivity contribution is 0.0385. The molecule has 2 aromatic rings. The first-order valence-corrected chi connectivity index (χ1v) is 5.76. The van der Waals surface area contributed by atoms with Gasteiger partial charge in [-0.05, 0) is 0 Å². The Hall–Kier alpha value is -2.84. The number of hydrogen-bond donors (Lipinski definition) is 0. The molecule has 0 amide bonds. The Morgan fingerprint density at radius 3 is 1.13 bits per heavy atom. The van der Waals surface area contributed by atoms with E-state index in [1.807, 2.05) is 0 Å². The summed E-state index contributed by atoms with van der Waals surface area (Å²) in [5.74, 6) is -13.3. The van der Waals surface area contributed by atoms with Crippen molar-refractivity contribution in [3.05, 3.63) is 70.3 Å². The first-order chi connectivity index (χ1) is 10.7. The fraction of sp³-hybridized carbons (Fsp3) is 0. The lowest BCUT2D eigenvalue weighted by Gasteiger charge is -2.07. The van der Waals surface area contributed by atoms with Crippen LogP contribution < -0.4 is 0 Å². The van der Waals surface area contributed by atoms with Crippen LogP contribution in [0, 0.1) is 34.9 Å². The van der Waals surface area contributed by atoms with Gasteiger partial charge in [0.25, 0.3) is 0 Å². The molecule has 0 aliphatic carbocycles. The van der Waals surface area contributed by atoms with Crippen LogP contribution in [0.2, 0.25) is 0 Å². The summed E-state index contributed by atoms with van der Waals surface area (Å²) in [7, 11) is 0. The first-order valence-electron chi connectivity index (χ1n) is 5.76. The predicted molar refractivity (Wildman–Crippen MR) is 62.4 cm³/mol. The Bertz CT molecular complexity index is 705. The molecule has 3 nitrogen and oxygen atoms in total. The topological polar surface area (TPSA) is 43.4 Å². The third-order valence-electron chi connectivity index (χ3n) is 2.61. The van der Waals surface area contributed by atoms with Crippen molar-refractivity contribution in [2.45, 2.75) is 0 Å². The van der Waals surface area contributed by atoms with Gasteiger partial charge in [-0.1, -0.05) is 0 Å². The average molecular weight is 334 g/mol. The summed E-state index contributed by atoms with van der Waals surface area (Å²) >= 11 is 0. The van der Waals surface area contributed by atoms with Crippen LogP contribution in [0.5, 0.6) is 0 Å². The second kappa shape index (κ2) is 6.11. The zero-order chi connectivity index (χ0) is 17.3. The van der Waals surface area contributed by atoms with Crippen molar-refractivity contribution in [3.8, 4) is 0 Å². The monoisotopic (exact) mass is 334 g/mol. The Morgan fingerprint density at radius 2 is 0.870 bits per heavy atom. The Kier molecular flexibility index (Phi) is 4.39. The second-order valence-corrected chi connectivity index (χ2v) is 4.17. The number of rotatable bonds is 2. The van der Waals surface area contributed by atoms with Crippen LogP contribution in [0.15, 0.2) is 24.3 Å². The van der Waals surface area contributed by atoms with Gasteiger partial charge in [-0.3, -0.25) is 0 Å². The molecule has 0 spiro atoms. The Morgan fingerprint density at radius 1 is 0.609 bits per heavy atom. The van der Waals surface area contributed by atoms with Crippen molar-refractivity contribution in [1.29, 1.82) is 0 Å². The summed E-state index contributed by atoms with van der Waals surface area (Å²) in [5.41, 5.74) is -2.86. The lowest BCUT2D eigenvalue weighted by atomic mass is 10.1. The molecule has 0 bridgehead atoms. The average Bonchev–Trinajstić information content (AvgIpc) is 2.35. The highest BCUT2D eigenvalue weighted by Crippen LogP contribution is 2.19. The minimum atomic E-state index is -1.94. The van der Waals surface area contributed by atoms with Gasteiger partial charge in [0.05, 0.1) is 0 Å². The third-order valence-corrected chi connectivity index (χ3v) is 2.61. The largest absolute Gasteiger partial charge is 0.385 e. The zero-order valence-electron chi connectivity index (χ0n) is 10.8. The van der Waals surface area contributed by atoms with E-state index in [0.29, 0.717) is 0 Å². The maximum atomic E-state index is 13.3. The number of hydrogen-bond acceptors (Lipinski definition) is 3. The van der Waals surface area contributed by atoms with Gasteiger partial charge in [-0.25, -0.2) is 35.9 Å². The highest BCUT2D eigenvalue weighted by Gasteiger charge is 2.27. The van der Waals surface area contributed by atoms with Crippen molar-refractivity contribution >= 4 is 11.9 Å². The number of carbonyl (C=O) groups excluding carboxylic acids is 2. The van der Waals surface area contributed by atoms with Crippen LogP contribution in [0.3, 0.4) is 0 Å². The first kappa shape index (κ1) is 16.5. The molecule has 0 aliphatic rings. The summed E-state index contributed by atoms with van der Waals surface area (Å²) < 4.78 is 82.7. The summed E-state index contributed by atoms with van der Waals surface area (Å²) in [6, 6.07) is 0.568. The molecule has 2 rings (SSSR count). The summed E-state index contributed by atoms with van der Waals surface area (Å²) in [5, 5.41) is 0. The predicted octanol–water partition coefficient (Wildman–Crippen LogP) is 3.52. The van der Waals surface area contributed by atoms with E-state index in [-0.39, 0.29) is 24.3 Å². The molecular formula is C14H4F6O3. The molecule has 0 fully saturated rings. The maximum absolute atomic E-state index is 13.3. The summed E-state index contributed by atoms with van der Waals surface area (Å²) in [4.78, 5) is 23.0. The highest BCUT2D eigenvalue weighted by molar-refractivity contribution is 6.03. The smallest absolute Gasteiger partial charge is 0.352 e. The van der Waals surface area contributed by atoms with E-state index in [2.05, 4.69) is 4.74 Å². The molecule has 0 unspecified atom stereocenters. The van der Waals surface area contributed by atoms with Crippen molar-refractivity contribution in [1.82, 2.24) is 0 Å². The molecule has 0 aromatic heterocycles. The highest BCUT2D eigenvalue weighted by atomic mass is 19.2. The molecule has 2 aromatic carbocycles. The molecule has 120 valence electrons. The van der Waals surface area contributed by atoms with E-state index in [0.717, 1.165) is 0 Å². The minimum absolute atomic E-state index is 0.142. The second-order valence-electron chi connectivity index (χ2n) is 4.17. The standard InChI is InChI=1S/C14H4F6O3/c15-5-1-7(17)11(8(18)2-5)13(21)23-14(22)12-9(19)3-6(16)4-10(12)20/h1-4H. The molecule has 0 heterocycles. The summed E-state index contributed by atoms with van der Waals surface area (Å²) in [6.45, 7) is 0. The van der Waals surface area contributed by atoms with Gasteiger partial charge in [0.15, 0.2) is 0 Å². The van der Waals surface area contributed by atoms with Crippen molar-refractivity contribution in [2.24, 2.45) is 0 Å². The minimum Gasteiger partial charge on any atom is -0.385 e. The number of esters is 2. The van der Waals surface area contributed by atoms with E-state index < -0.39 is 58.0 Å². The van der Waals surface area contributed by atoms with E-state index in [9.17, 15) is 35.9 Å². The van der Waals surface area contributed by atoms with Gasteiger partial charge < -0.3 is 4.74 Å². The lowest BCUT2D eigenvalue weighted by Crippen LogP contribution is -2.18. The number of carbonyl (C=O) groups is 2. The van der Waals surface area contributed by atoms with Crippen LogP contribution >= 0.6 is 0 Å². The van der Waals surface area contributed by atoms with Crippen molar-refractivity contribution in [2.75, 3.05) is 0 Å². The Labute approximate surface area is 124 Å². The molecule has 0 atom stereocenters. The normalized spacial score (nSPS) is 10.5. The van der Waals surface area contributed by atoms with Crippen LogP contribution in [0.4, 0.5) is 26.3 Å². The van der Waals surface area contributed by atoms with Crippen LogP contribution in [-0.4, -0.2) is 11.9 Å². The van der Waals surface area contributed by atoms with Gasteiger partial charge in [0, 0.05) is 24.3 Å². The number of benzene rings is 2. The zero-order valence-corrected chi connectivity index (χ0v) is 10.8. The number of ether oxygens (including phenoxy) is 1. The molecule has 0 aliphatic heterocycles. The molecule has 23 heavy (non-hydrogen) atoms. The van der Waals surface area contributed by atoms with Crippen molar-refractivity contribution < 1.29 is 40.7 Å². The van der Waals surface area contributed by atoms with E-state index in [1.165, 1.54) is 0 Å². The fourth-order valence-corrected chi connectivity index (χ4v) is 1.66. The van der Waals surface area contributed by atoms with E-state index >= 15 is 0 Å². The SMILES string of the molecule is O=C(OC(=O)c1c(F)cc(F)cc1F)c1c(F)cc(F)cc1F. The molecule has 0 radical (unpaired) electrons. The molecule has 0 saturated heterocycles. The van der Waals surface area contributed by atoms with Gasteiger partial charge in [0.2, 0.25) is 0 Å². The number of halogens is 6. The molecule has 9 heteroatoms. The van der Waals surface area contributed by atoms with Crippen LogP contribution in [0.1, 0.15) is 20.7 Å². The van der Waals surface area contributed by atoms with Gasteiger partial charge >= 0.3 is 11.9 Å². The van der Waals surface area contributed by atoms with Crippen LogP contribution in [-0.2, 0) is 4.74 Å². The third kappa shape index (κ3) is 3.33. The van der Waals surface area contributed by atoms with E-state index in [1.54, 1.807) is 0 Å². The van der Waals surface area contributed by atoms with E-state index in [4.69, 9.17) is 0 Å². The fourth-order valence-electron chi connectivity index (χ4n) is 1.66. The van der Waals surface area contributed by atoms with Gasteiger partial charge in [-0.15, -0.1) is 0 Å². The quantitative estimate of drug-likeness (QED) is 0.479. The maximum Gasteiger partial charge on any atom is 0.352 e. The van der Waals surface area contributed by atoms with Gasteiger partial charge in [0.1, 0.15) is 46.0 Å². The van der Waals surface area contributed by atoms with Gasteiger partial charge in [-0.2, -0.15) is 0 Å². The molecule has 0 N–H and O–H groups in total. The summed E-state index contributed by atoms with van der Waals surface area (Å²) in [6.07, 6.45) is 0. The molecule has 0 saturated carbocycles.